The molecule has 15 heavy (non-hydrogen) atoms. The first kappa shape index (κ1) is 11.9. The van der Waals surface area contributed by atoms with Crippen molar-refractivity contribution in [3.63, 3.8) is 0 Å². The Morgan fingerprint density at radius 3 is 2.40 bits per heavy atom. The van der Waals surface area contributed by atoms with Crippen molar-refractivity contribution < 1.29 is 17.7 Å². The largest absolute Gasteiger partial charge is 0.309 e. The van der Waals surface area contributed by atoms with E-state index in [4.69, 9.17) is 10.7 Å². The monoisotopic (exact) mass is 253 g/mol. The molecule has 0 amide bonds. The zero-order chi connectivity index (χ0) is 11.8. The second-order valence-corrected chi connectivity index (χ2v) is 5.27. The summed E-state index contributed by atoms with van der Waals surface area (Å²) < 4.78 is 35.1. The van der Waals surface area contributed by atoms with Crippen molar-refractivity contribution >= 4 is 25.4 Å². The molecule has 0 aliphatic heterocycles. The van der Waals surface area contributed by atoms with Crippen molar-refractivity contribution in [3.05, 3.63) is 33.6 Å². The smallest absolute Gasteiger partial charge is 0.258 e. The summed E-state index contributed by atoms with van der Waals surface area (Å²) in [5.74, 6) is -1.44. The van der Waals surface area contributed by atoms with Gasteiger partial charge in [-0.3, -0.25) is 10.1 Å². The Morgan fingerprint density at radius 2 is 2.00 bits per heavy atom. The summed E-state index contributed by atoms with van der Waals surface area (Å²) in [5.41, 5.74) is -0.849. The van der Waals surface area contributed by atoms with Crippen LogP contribution in [0.4, 0.5) is 10.1 Å². The van der Waals surface area contributed by atoms with Crippen molar-refractivity contribution in [2.45, 2.75) is 11.8 Å². The lowest BCUT2D eigenvalue weighted by atomic mass is 10.2. The van der Waals surface area contributed by atoms with Crippen LogP contribution in [0.2, 0.25) is 0 Å². The highest BCUT2D eigenvalue weighted by atomic mass is 35.7. The van der Waals surface area contributed by atoms with Crippen LogP contribution in [0.15, 0.2) is 17.0 Å². The average molecular weight is 254 g/mol. The van der Waals surface area contributed by atoms with E-state index in [0.717, 1.165) is 12.1 Å². The highest BCUT2D eigenvalue weighted by Gasteiger charge is 2.26. The Morgan fingerprint density at radius 1 is 1.47 bits per heavy atom. The van der Waals surface area contributed by atoms with E-state index in [9.17, 15) is 22.9 Å². The fraction of sp³-hybridized carbons (Fsp3) is 0.143. The fourth-order valence-corrected chi connectivity index (χ4v) is 1.95. The third-order valence-electron chi connectivity index (χ3n) is 1.73. The van der Waals surface area contributed by atoms with Crippen LogP contribution in [0.3, 0.4) is 0 Å². The molecule has 82 valence electrons. The summed E-state index contributed by atoms with van der Waals surface area (Å²) in [4.78, 5) is 8.57. The Labute approximate surface area is 89.0 Å². The zero-order valence-corrected chi connectivity index (χ0v) is 8.97. The van der Waals surface area contributed by atoms with Gasteiger partial charge in [0.25, 0.3) is 9.05 Å². The van der Waals surface area contributed by atoms with Crippen molar-refractivity contribution in [1.29, 1.82) is 0 Å². The molecule has 0 aromatic heterocycles. The molecule has 1 aromatic rings. The van der Waals surface area contributed by atoms with Gasteiger partial charge < -0.3 is 0 Å². The highest BCUT2D eigenvalue weighted by Crippen LogP contribution is 2.29. The first-order valence-electron chi connectivity index (χ1n) is 3.63. The molecule has 0 bridgehead atoms. The summed E-state index contributed by atoms with van der Waals surface area (Å²) in [6, 6.07) is 2.01. The molecule has 0 saturated carbocycles. The predicted molar refractivity (Wildman–Crippen MR) is 50.8 cm³/mol. The van der Waals surface area contributed by atoms with Crippen LogP contribution >= 0.6 is 10.7 Å². The van der Waals surface area contributed by atoms with Crippen molar-refractivity contribution in [2.75, 3.05) is 0 Å². The van der Waals surface area contributed by atoms with E-state index in [0.29, 0.717) is 0 Å². The van der Waals surface area contributed by atoms with Gasteiger partial charge in [0, 0.05) is 16.2 Å². The summed E-state index contributed by atoms with van der Waals surface area (Å²) >= 11 is 0. The SMILES string of the molecule is Cc1ccc(S(=O)(=O)Cl)c(F)c1[N+](=O)[O-]. The van der Waals surface area contributed by atoms with Gasteiger partial charge in [-0.1, -0.05) is 6.07 Å². The Kier molecular flexibility index (Phi) is 2.96. The van der Waals surface area contributed by atoms with E-state index in [1.807, 2.05) is 0 Å². The minimum atomic E-state index is -4.31. The van der Waals surface area contributed by atoms with Gasteiger partial charge in [0.2, 0.25) is 5.82 Å². The molecule has 0 fully saturated rings. The number of halogens is 2. The number of hydrogen-bond donors (Lipinski definition) is 0. The molecule has 0 aliphatic carbocycles. The third-order valence-corrected chi connectivity index (χ3v) is 3.07. The maximum Gasteiger partial charge on any atom is 0.309 e. The molecule has 0 atom stereocenters. The first-order chi connectivity index (χ1) is 6.75. The van der Waals surface area contributed by atoms with Crippen LogP contribution in [0, 0.1) is 22.9 Å². The molecule has 0 saturated heterocycles. The number of rotatable bonds is 2. The number of nitro groups is 1. The van der Waals surface area contributed by atoms with Gasteiger partial charge in [-0.05, 0) is 13.0 Å². The van der Waals surface area contributed by atoms with Crippen LogP contribution in [0.1, 0.15) is 5.56 Å². The maximum absolute atomic E-state index is 13.4. The lowest BCUT2D eigenvalue weighted by Crippen LogP contribution is -2.02. The summed E-state index contributed by atoms with van der Waals surface area (Å²) in [6.07, 6.45) is 0. The van der Waals surface area contributed by atoms with Crippen LogP contribution in [-0.2, 0) is 9.05 Å². The van der Waals surface area contributed by atoms with Crippen molar-refractivity contribution in [2.24, 2.45) is 0 Å². The fourth-order valence-electron chi connectivity index (χ4n) is 1.06. The normalized spacial score (nSPS) is 11.4. The van der Waals surface area contributed by atoms with E-state index < -0.39 is 30.4 Å². The first-order valence-corrected chi connectivity index (χ1v) is 5.94. The number of hydrogen-bond acceptors (Lipinski definition) is 4. The molecular weight excluding hydrogens is 249 g/mol. The van der Waals surface area contributed by atoms with Crippen molar-refractivity contribution in [3.8, 4) is 0 Å². The summed E-state index contributed by atoms with van der Waals surface area (Å²) in [6.45, 7) is 1.30. The molecule has 1 aromatic carbocycles. The second kappa shape index (κ2) is 3.74. The molecule has 5 nitrogen and oxygen atoms in total. The molecule has 0 spiro atoms. The van der Waals surface area contributed by atoms with Gasteiger partial charge in [-0.25, -0.2) is 8.42 Å². The quantitative estimate of drug-likeness (QED) is 0.459. The lowest BCUT2D eigenvalue weighted by Gasteiger charge is -2.01. The maximum atomic E-state index is 13.4. The second-order valence-electron chi connectivity index (χ2n) is 2.74. The number of benzene rings is 1. The Balaban J connectivity index is 3.64. The van der Waals surface area contributed by atoms with Gasteiger partial charge in [0.05, 0.1) is 4.92 Å². The zero-order valence-electron chi connectivity index (χ0n) is 7.40. The Bertz CT molecular complexity index is 528. The predicted octanol–water partition coefficient (Wildman–Crippen LogP) is 1.97. The minimum Gasteiger partial charge on any atom is -0.258 e. The summed E-state index contributed by atoms with van der Waals surface area (Å²) in [7, 11) is 0.589. The van der Waals surface area contributed by atoms with E-state index in [-0.39, 0.29) is 5.56 Å². The van der Waals surface area contributed by atoms with Gasteiger partial charge in [-0.15, -0.1) is 0 Å². The van der Waals surface area contributed by atoms with Gasteiger partial charge in [-0.2, -0.15) is 4.39 Å². The van der Waals surface area contributed by atoms with Gasteiger partial charge in [0.15, 0.2) is 0 Å². The third kappa shape index (κ3) is 2.24. The van der Waals surface area contributed by atoms with E-state index in [2.05, 4.69) is 0 Å². The van der Waals surface area contributed by atoms with Crippen molar-refractivity contribution in [1.82, 2.24) is 0 Å². The molecule has 1 rings (SSSR count). The van der Waals surface area contributed by atoms with Gasteiger partial charge >= 0.3 is 5.69 Å². The van der Waals surface area contributed by atoms with Crippen LogP contribution in [0.25, 0.3) is 0 Å². The molecule has 0 radical (unpaired) electrons. The molecular formula is C7H5ClFNO4S. The molecule has 0 aliphatic rings. The highest BCUT2D eigenvalue weighted by molar-refractivity contribution is 8.13. The standard InChI is InChI=1S/C7H5ClFNO4S/c1-4-2-3-5(15(8,13)14)6(9)7(4)10(11)12/h2-3H,1H3. The molecule has 8 heteroatoms. The van der Waals surface area contributed by atoms with E-state index in [1.54, 1.807) is 0 Å². The van der Waals surface area contributed by atoms with E-state index in [1.165, 1.54) is 6.92 Å². The minimum absolute atomic E-state index is 0.0292. The van der Waals surface area contributed by atoms with E-state index >= 15 is 0 Å². The van der Waals surface area contributed by atoms with Crippen LogP contribution in [-0.4, -0.2) is 13.3 Å². The molecule has 0 N–H and O–H groups in total. The number of nitrogens with zero attached hydrogens (tertiary/aromatic N) is 1. The molecule has 0 heterocycles. The number of nitro benzene ring substituents is 1. The van der Waals surface area contributed by atoms with Gasteiger partial charge in [0.1, 0.15) is 4.90 Å². The molecule has 0 unspecified atom stereocenters. The average Bonchev–Trinajstić information content (AvgIpc) is 2.00. The number of aryl methyl sites for hydroxylation is 1. The topological polar surface area (TPSA) is 77.3 Å². The Hall–Kier alpha value is -1.21. The van der Waals surface area contributed by atoms with Crippen LogP contribution < -0.4 is 0 Å². The lowest BCUT2D eigenvalue weighted by molar-refractivity contribution is -0.388. The van der Waals surface area contributed by atoms with Crippen LogP contribution in [0.5, 0.6) is 0 Å². The summed E-state index contributed by atoms with van der Waals surface area (Å²) in [5, 5.41) is 10.4.